The van der Waals surface area contributed by atoms with Crippen LogP contribution in [0.5, 0.6) is 5.75 Å². The second-order valence-corrected chi connectivity index (χ2v) is 7.11. The molecule has 1 aliphatic rings. The largest absolute Gasteiger partial charge is 0.508 e. The highest BCUT2D eigenvalue weighted by molar-refractivity contribution is 5.25. The molecule has 1 fully saturated rings. The van der Waals surface area contributed by atoms with Crippen molar-refractivity contribution in [3.8, 4) is 5.75 Å². The number of hydrogen-bond acceptors (Lipinski definition) is 3. The third kappa shape index (κ3) is 3.97. The van der Waals surface area contributed by atoms with Crippen LogP contribution in [0.1, 0.15) is 39.7 Å². The Morgan fingerprint density at radius 1 is 1.25 bits per heavy atom. The summed E-state index contributed by atoms with van der Waals surface area (Å²) in [4.78, 5) is 2.56. The SMILES string of the molecule is CC1CCNC(C(C)(C)C)CN1Cc1ccc(O)cc1. The molecule has 1 aliphatic heterocycles. The van der Waals surface area contributed by atoms with E-state index in [1.807, 2.05) is 12.1 Å². The topological polar surface area (TPSA) is 35.5 Å². The van der Waals surface area contributed by atoms with Gasteiger partial charge in [-0.15, -0.1) is 0 Å². The van der Waals surface area contributed by atoms with Crippen LogP contribution in [0.4, 0.5) is 0 Å². The van der Waals surface area contributed by atoms with Crippen molar-refractivity contribution in [1.82, 2.24) is 10.2 Å². The van der Waals surface area contributed by atoms with Crippen molar-refractivity contribution >= 4 is 0 Å². The fourth-order valence-electron chi connectivity index (χ4n) is 2.76. The summed E-state index contributed by atoms with van der Waals surface area (Å²) in [5.74, 6) is 0.340. The van der Waals surface area contributed by atoms with Crippen LogP contribution in [0.15, 0.2) is 24.3 Å². The van der Waals surface area contributed by atoms with Gasteiger partial charge in [0.15, 0.2) is 0 Å². The normalized spacial score (nSPS) is 25.4. The monoisotopic (exact) mass is 276 g/mol. The van der Waals surface area contributed by atoms with E-state index >= 15 is 0 Å². The molecule has 0 aromatic heterocycles. The van der Waals surface area contributed by atoms with E-state index in [1.54, 1.807) is 12.1 Å². The van der Waals surface area contributed by atoms with Gasteiger partial charge in [0.2, 0.25) is 0 Å². The van der Waals surface area contributed by atoms with Crippen LogP contribution in [-0.2, 0) is 6.54 Å². The summed E-state index contributed by atoms with van der Waals surface area (Å²) in [6, 6.07) is 8.70. The van der Waals surface area contributed by atoms with Crippen LogP contribution in [0.25, 0.3) is 0 Å². The molecule has 3 nitrogen and oxygen atoms in total. The van der Waals surface area contributed by atoms with Gasteiger partial charge in [0, 0.05) is 25.2 Å². The Hall–Kier alpha value is -1.06. The lowest BCUT2D eigenvalue weighted by molar-refractivity contribution is 0.157. The fraction of sp³-hybridized carbons (Fsp3) is 0.647. The van der Waals surface area contributed by atoms with Crippen LogP contribution in [-0.4, -0.2) is 35.2 Å². The summed E-state index contributed by atoms with van der Waals surface area (Å²) >= 11 is 0. The minimum atomic E-state index is 0.275. The Labute approximate surface area is 123 Å². The smallest absolute Gasteiger partial charge is 0.115 e. The Bertz CT molecular complexity index is 422. The van der Waals surface area contributed by atoms with E-state index in [0.717, 1.165) is 19.6 Å². The van der Waals surface area contributed by atoms with Crippen molar-refractivity contribution in [2.45, 2.75) is 52.7 Å². The number of nitrogens with zero attached hydrogens (tertiary/aromatic N) is 1. The second-order valence-electron chi connectivity index (χ2n) is 7.11. The number of benzene rings is 1. The van der Waals surface area contributed by atoms with Crippen LogP contribution in [0.3, 0.4) is 0 Å². The van der Waals surface area contributed by atoms with Crippen molar-refractivity contribution in [3.63, 3.8) is 0 Å². The van der Waals surface area contributed by atoms with E-state index < -0.39 is 0 Å². The molecule has 2 rings (SSSR count). The van der Waals surface area contributed by atoms with Crippen LogP contribution >= 0.6 is 0 Å². The van der Waals surface area contributed by atoms with Gasteiger partial charge in [-0.3, -0.25) is 4.90 Å². The molecular weight excluding hydrogens is 248 g/mol. The predicted molar refractivity (Wildman–Crippen MR) is 83.8 cm³/mol. The summed E-state index contributed by atoms with van der Waals surface area (Å²) in [6.45, 7) is 12.3. The number of nitrogens with one attached hydrogen (secondary N) is 1. The number of phenols is 1. The minimum Gasteiger partial charge on any atom is -0.508 e. The Morgan fingerprint density at radius 3 is 2.50 bits per heavy atom. The summed E-state index contributed by atoms with van der Waals surface area (Å²) in [5, 5.41) is 13.1. The lowest BCUT2D eigenvalue weighted by atomic mass is 9.86. The van der Waals surface area contributed by atoms with Gasteiger partial charge in [0.05, 0.1) is 0 Å². The molecule has 1 saturated heterocycles. The van der Waals surface area contributed by atoms with E-state index in [4.69, 9.17) is 0 Å². The van der Waals surface area contributed by atoms with Gasteiger partial charge in [-0.05, 0) is 43.0 Å². The maximum Gasteiger partial charge on any atom is 0.115 e. The first-order chi connectivity index (χ1) is 9.36. The standard InChI is InChI=1S/C17H28N2O/c1-13-9-10-18-16(17(2,3)4)12-19(13)11-14-5-7-15(20)8-6-14/h5-8,13,16,18,20H,9-12H2,1-4H3. The number of rotatable bonds is 2. The molecule has 0 radical (unpaired) electrons. The van der Waals surface area contributed by atoms with Crippen molar-refractivity contribution in [1.29, 1.82) is 0 Å². The van der Waals surface area contributed by atoms with E-state index in [1.165, 1.54) is 12.0 Å². The number of hydrogen-bond donors (Lipinski definition) is 2. The zero-order valence-corrected chi connectivity index (χ0v) is 13.2. The molecular formula is C17H28N2O. The lowest BCUT2D eigenvalue weighted by Gasteiger charge is -2.35. The van der Waals surface area contributed by atoms with Gasteiger partial charge in [-0.2, -0.15) is 0 Å². The Balaban J connectivity index is 2.08. The molecule has 3 heteroatoms. The third-order valence-electron chi connectivity index (χ3n) is 4.36. The van der Waals surface area contributed by atoms with Crippen molar-refractivity contribution in [2.75, 3.05) is 13.1 Å². The quantitative estimate of drug-likeness (QED) is 0.871. The molecule has 1 heterocycles. The maximum atomic E-state index is 9.38. The van der Waals surface area contributed by atoms with Gasteiger partial charge >= 0.3 is 0 Å². The fourth-order valence-corrected chi connectivity index (χ4v) is 2.76. The average Bonchev–Trinajstić information content (AvgIpc) is 2.55. The summed E-state index contributed by atoms with van der Waals surface area (Å²) < 4.78 is 0. The van der Waals surface area contributed by atoms with E-state index in [9.17, 15) is 5.11 Å². The van der Waals surface area contributed by atoms with Crippen molar-refractivity contribution in [3.05, 3.63) is 29.8 Å². The molecule has 1 aromatic rings. The van der Waals surface area contributed by atoms with Crippen LogP contribution < -0.4 is 5.32 Å². The Morgan fingerprint density at radius 2 is 1.90 bits per heavy atom. The van der Waals surface area contributed by atoms with Gasteiger partial charge in [0.1, 0.15) is 5.75 Å². The maximum absolute atomic E-state index is 9.38. The highest BCUT2D eigenvalue weighted by Crippen LogP contribution is 2.24. The summed E-state index contributed by atoms with van der Waals surface area (Å²) in [7, 11) is 0. The van der Waals surface area contributed by atoms with E-state index in [-0.39, 0.29) is 5.41 Å². The van der Waals surface area contributed by atoms with Gasteiger partial charge in [-0.25, -0.2) is 0 Å². The number of phenolic OH excluding ortho intramolecular Hbond substituents is 1. The third-order valence-corrected chi connectivity index (χ3v) is 4.36. The van der Waals surface area contributed by atoms with Gasteiger partial charge in [-0.1, -0.05) is 32.9 Å². The first-order valence-corrected chi connectivity index (χ1v) is 7.61. The Kier molecular flexibility index (Phi) is 4.71. The zero-order chi connectivity index (χ0) is 14.8. The first-order valence-electron chi connectivity index (χ1n) is 7.61. The van der Waals surface area contributed by atoms with Crippen molar-refractivity contribution < 1.29 is 5.11 Å². The van der Waals surface area contributed by atoms with Crippen LogP contribution in [0.2, 0.25) is 0 Å². The van der Waals surface area contributed by atoms with Gasteiger partial charge < -0.3 is 10.4 Å². The molecule has 0 spiro atoms. The molecule has 0 amide bonds. The molecule has 2 atom stereocenters. The molecule has 2 N–H and O–H groups in total. The molecule has 0 aliphatic carbocycles. The lowest BCUT2D eigenvalue weighted by Crippen LogP contribution is -2.47. The molecule has 0 bridgehead atoms. The van der Waals surface area contributed by atoms with E-state index in [0.29, 0.717) is 17.8 Å². The van der Waals surface area contributed by atoms with E-state index in [2.05, 4.69) is 37.9 Å². The number of aromatic hydroxyl groups is 1. The average molecular weight is 276 g/mol. The molecule has 1 aromatic carbocycles. The first kappa shape index (κ1) is 15.3. The summed E-state index contributed by atoms with van der Waals surface area (Å²) in [6.07, 6.45) is 1.19. The van der Waals surface area contributed by atoms with Crippen molar-refractivity contribution in [2.24, 2.45) is 5.41 Å². The highest BCUT2D eigenvalue weighted by Gasteiger charge is 2.30. The van der Waals surface area contributed by atoms with Crippen LogP contribution in [0, 0.1) is 5.41 Å². The molecule has 0 saturated carbocycles. The second kappa shape index (κ2) is 6.15. The predicted octanol–water partition coefficient (Wildman–Crippen LogP) is 2.99. The minimum absolute atomic E-state index is 0.275. The van der Waals surface area contributed by atoms with Gasteiger partial charge in [0.25, 0.3) is 0 Å². The summed E-state index contributed by atoms with van der Waals surface area (Å²) in [5.41, 5.74) is 1.54. The molecule has 112 valence electrons. The highest BCUT2D eigenvalue weighted by atomic mass is 16.3. The molecule has 2 unspecified atom stereocenters. The molecule has 20 heavy (non-hydrogen) atoms. The zero-order valence-electron chi connectivity index (χ0n) is 13.2.